The lowest BCUT2D eigenvalue weighted by molar-refractivity contribution is -0.116. The minimum Gasteiger partial charge on any atom is -0.497 e. The maximum atomic E-state index is 13.3. The van der Waals surface area contributed by atoms with E-state index in [1.165, 1.54) is 7.11 Å². The van der Waals surface area contributed by atoms with Crippen LogP contribution in [0.4, 0.5) is 5.69 Å². The fraction of sp³-hybridized carbons (Fsp3) is 0.185. The van der Waals surface area contributed by atoms with Crippen LogP contribution in [0, 0.1) is 0 Å². The van der Waals surface area contributed by atoms with Crippen LogP contribution in [0.2, 0.25) is 0 Å². The topological polar surface area (TPSA) is 83.7 Å². The Balaban J connectivity index is 1.39. The predicted molar refractivity (Wildman–Crippen MR) is 130 cm³/mol. The molecule has 0 aliphatic carbocycles. The summed E-state index contributed by atoms with van der Waals surface area (Å²) in [6, 6.07) is 20.6. The van der Waals surface area contributed by atoms with Gasteiger partial charge >= 0.3 is 0 Å². The highest BCUT2D eigenvalue weighted by Crippen LogP contribution is 2.41. The maximum absolute atomic E-state index is 13.3. The Morgan fingerprint density at radius 3 is 2.62 bits per heavy atom. The molecule has 2 heterocycles. The Morgan fingerprint density at radius 1 is 1.00 bits per heavy atom. The zero-order valence-electron chi connectivity index (χ0n) is 19.0. The number of carbonyl (C=O) groups excluding carboxylic acids is 2. The number of ether oxygens (including phenoxy) is 2. The third-order valence-electron chi connectivity index (χ3n) is 6.24. The van der Waals surface area contributed by atoms with Crippen molar-refractivity contribution in [3.05, 3.63) is 89.6 Å². The van der Waals surface area contributed by atoms with E-state index in [4.69, 9.17) is 9.47 Å². The van der Waals surface area contributed by atoms with E-state index in [-0.39, 0.29) is 30.8 Å². The lowest BCUT2D eigenvalue weighted by Gasteiger charge is -2.25. The number of fused-ring (bicyclic) bond motifs is 2. The molecule has 0 saturated heterocycles. The highest BCUT2D eigenvalue weighted by atomic mass is 16.5. The molecule has 1 aromatic heterocycles. The number of benzene rings is 3. The van der Waals surface area contributed by atoms with Gasteiger partial charge in [-0.05, 0) is 29.8 Å². The molecular weight excluding hydrogens is 430 g/mol. The first-order chi connectivity index (χ1) is 16.6. The lowest BCUT2D eigenvalue weighted by Crippen LogP contribution is -2.32. The Hall–Kier alpha value is -4.26. The Kier molecular flexibility index (Phi) is 5.67. The molecular formula is C27H25N3O4. The van der Waals surface area contributed by atoms with Gasteiger partial charge in [0, 0.05) is 47.3 Å². The van der Waals surface area contributed by atoms with Crippen molar-refractivity contribution in [1.82, 2.24) is 9.88 Å². The van der Waals surface area contributed by atoms with Gasteiger partial charge < -0.3 is 24.7 Å². The molecule has 4 aromatic rings. The van der Waals surface area contributed by atoms with E-state index in [2.05, 4.69) is 10.3 Å². The van der Waals surface area contributed by atoms with E-state index >= 15 is 0 Å². The van der Waals surface area contributed by atoms with E-state index in [9.17, 15) is 9.59 Å². The molecule has 172 valence electrons. The van der Waals surface area contributed by atoms with Crippen LogP contribution in [0.25, 0.3) is 10.9 Å². The van der Waals surface area contributed by atoms with Crippen molar-refractivity contribution in [3.8, 4) is 11.5 Å². The number of para-hydroxylation sites is 1. The number of nitrogens with one attached hydrogen (secondary N) is 2. The normalized spacial score (nSPS) is 14.8. The molecule has 1 aliphatic rings. The van der Waals surface area contributed by atoms with Crippen LogP contribution in [0.5, 0.6) is 11.5 Å². The number of H-pyrrole nitrogens is 1. The van der Waals surface area contributed by atoms with Gasteiger partial charge in [0.2, 0.25) is 5.91 Å². The SMILES string of the molecule is COc1ccc(NC(=O)CCN2C(=O)c3ccccc3C2c2c[nH]c3ccccc23)c(OC)c1. The quantitative estimate of drug-likeness (QED) is 0.421. The molecule has 1 atom stereocenters. The van der Waals surface area contributed by atoms with E-state index in [1.54, 1.807) is 30.2 Å². The molecule has 0 bridgehead atoms. The van der Waals surface area contributed by atoms with Gasteiger partial charge in [-0.2, -0.15) is 0 Å². The number of amides is 2. The molecule has 2 amide bonds. The summed E-state index contributed by atoms with van der Waals surface area (Å²) in [4.78, 5) is 31.3. The third kappa shape index (κ3) is 3.75. The smallest absolute Gasteiger partial charge is 0.255 e. The molecule has 7 heteroatoms. The highest BCUT2D eigenvalue weighted by Gasteiger charge is 2.38. The highest BCUT2D eigenvalue weighted by molar-refractivity contribution is 6.01. The fourth-order valence-electron chi connectivity index (χ4n) is 4.59. The number of hydrogen-bond donors (Lipinski definition) is 2. The summed E-state index contributed by atoms with van der Waals surface area (Å²) >= 11 is 0. The second-order valence-corrected chi connectivity index (χ2v) is 8.14. The summed E-state index contributed by atoms with van der Waals surface area (Å²) in [5.74, 6) is 0.872. The van der Waals surface area contributed by atoms with Crippen molar-refractivity contribution in [1.29, 1.82) is 0 Å². The summed E-state index contributed by atoms with van der Waals surface area (Å²) in [6.07, 6.45) is 2.10. The first kappa shape index (κ1) is 21.6. The van der Waals surface area contributed by atoms with Gasteiger partial charge in [-0.1, -0.05) is 36.4 Å². The van der Waals surface area contributed by atoms with Gasteiger partial charge in [0.15, 0.2) is 0 Å². The molecule has 34 heavy (non-hydrogen) atoms. The Bertz CT molecular complexity index is 1380. The van der Waals surface area contributed by atoms with Crippen LogP contribution in [0.3, 0.4) is 0 Å². The summed E-state index contributed by atoms with van der Waals surface area (Å²) < 4.78 is 10.6. The average molecular weight is 456 g/mol. The molecule has 1 aliphatic heterocycles. The van der Waals surface area contributed by atoms with Gasteiger partial charge in [0.1, 0.15) is 11.5 Å². The first-order valence-corrected chi connectivity index (χ1v) is 11.1. The number of aromatic amines is 1. The molecule has 2 N–H and O–H groups in total. The summed E-state index contributed by atoms with van der Waals surface area (Å²) in [5, 5.41) is 3.95. The third-order valence-corrected chi connectivity index (χ3v) is 6.24. The van der Waals surface area contributed by atoms with Crippen LogP contribution in [-0.4, -0.2) is 42.5 Å². The van der Waals surface area contributed by atoms with Crippen molar-refractivity contribution >= 4 is 28.4 Å². The van der Waals surface area contributed by atoms with Crippen molar-refractivity contribution in [2.45, 2.75) is 12.5 Å². The van der Waals surface area contributed by atoms with Crippen LogP contribution >= 0.6 is 0 Å². The average Bonchev–Trinajstić information content (AvgIpc) is 3.41. The Labute approximate surface area is 197 Å². The molecule has 5 rings (SSSR count). The maximum Gasteiger partial charge on any atom is 0.255 e. The van der Waals surface area contributed by atoms with Crippen molar-refractivity contribution in [3.63, 3.8) is 0 Å². The van der Waals surface area contributed by atoms with Crippen molar-refractivity contribution in [2.24, 2.45) is 0 Å². The molecule has 1 unspecified atom stereocenters. The van der Waals surface area contributed by atoms with E-state index < -0.39 is 0 Å². The molecule has 0 radical (unpaired) electrons. The molecule has 0 fully saturated rings. The number of nitrogens with zero attached hydrogens (tertiary/aromatic N) is 1. The zero-order chi connectivity index (χ0) is 23.7. The number of anilines is 1. The first-order valence-electron chi connectivity index (χ1n) is 11.1. The minimum absolute atomic E-state index is 0.0688. The minimum atomic E-state index is -0.261. The second kappa shape index (κ2) is 8.94. The van der Waals surface area contributed by atoms with E-state index in [1.807, 2.05) is 54.7 Å². The predicted octanol–water partition coefficient (Wildman–Crippen LogP) is 4.76. The largest absolute Gasteiger partial charge is 0.497 e. The van der Waals surface area contributed by atoms with Crippen molar-refractivity contribution < 1.29 is 19.1 Å². The van der Waals surface area contributed by atoms with Gasteiger partial charge in [-0.15, -0.1) is 0 Å². The van der Waals surface area contributed by atoms with Gasteiger partial charge in [-0.3, -0.25) is 9.59 Å². The van der Waals surface area contributed by atoms with Crippen LogP contribution in [0.1, 0.15) is 33.9 Å². The summed E-state index contributed by atoms with van der Waals surface area (Å²) in [6.45, 7) is 0.280. The van der Waals surface area contributed by atoms with E-state index in [0.29, 0.717) is 22.7 Å². The summed E-state index contributed by atoms with van der Waals surface area (Å²) in [5.41, 5.74) is 4.21. The number of aromatic nitrogens is 1. The monoisotopic (exact) mass is 455 g/mol. The lowest BCUT2D eigenvalue weighted by atomic mass is 9.97. The Morgan fingerprint density at radius 2 is 1.79 bits per heavy atom. The molecule has 0 spiro atoms. The molecule has 0 saturated carbocycles. The van der Waals surface area contributed by atoms with E-state index in [0.717, 1.165) is 22.0 Å². The number of methoxy groups -OCH3 is 2. The molecule has 3 aromatic carbocycles. The summed E-state index contributed by atoms with van der Waals surface area (Å²) in [7, 11) is 3.11. The fourth-order valence-corrected chi connectivity index (χ4v) is 4.59. The number of hydrogen-bond acceptors (Lipinski definition) is 4. The van der Waals surface area contributed by atoms with Crippen LogP contribution in [0.15, 0.2) is 72.9 Å². The standard InChI is InChI=1S/C27H25N3O4/c1-33-17-11-12-23(24(15-17)34-2)29-25(31)13-14-30-26(19-8-3-4-9-20(19)27(30)32)21-16-28-22-10-6-5-7-18(21)22/h3-12,15-16,26,28H,13-14H2,1-2H3,(H,29,31). The van der Waals surface area contributed by atoms with Gasteiger partial charge in [-0.25, -0.2) is 0 Å². The van der Waals surface area contributed by atoms with Crippen molar-refractivity contribution in [2.75, 3.05) is 26.1 Å². The van der Waals surface area contributed by atoms with Crippen LogP contribution < -0.4 is 14.8 Å². The van der Waals surface area contributed by atoms with Gasteiger partial charge in [0.25, 0.3) is 5.91 Å². The number of rotatable bonds is 7. The zero-order valence-corrected chi connectivity index (χ0v) is 19.0. The molecule has 7 nitrogen and oxygen atoms in total. The second-order valence-electron chi connectivity index (χ2n) is 8.14. The van der Waals surface area contributed by atoms with Gasteiger partial charge in [0.05, 0.1) is 25.9 Å². The van der Waals surface area contributed by atoms with Crippen LogP contribution in [-0.2, 0) is 4.79 Å². The number of carbonyl (C=O) groups is 2.